The van der Waals surface area contributed by atoms with Gasteiger partial charge in [0.2, 0.25) is 0 Å². The molecule has 1 rings (SSSR count). The number of esters is 1. The minimum absolute atomic E-state index is 0.155. The number of alkyl carbamates (subject to hydrolysis) is 1. The average molecular weight is 328 g/mol. The average Bonchev–Trinajstić information content (AvgIpc) is 2.86. The standard InChI is InChI=1S/C17H32N2O4/c1-11(2)14(15(20)22-6)19-13-9-7-8-12(13)10-18-16(21)23-17(3,4)5/h11-14,19H,7-10H2,1-6H3,(H,18,21). The van der Waals surface area contributed by atoms with E-state index in [0.29, 0.717) is 12.5 Å². The molecule has 0 saturated heterocycles. The molecule has 0 aromatic carbocycles. The summed E-state index contributed by atoms with van der Waals surface area (Å²) in [6, 6.07) is -0.108. The number of hydrogen-bond acceptors (Lipinski definition) is 5. The van der Waals surface area contributed by atoms with Crippen LogP contribution >= 0.6 is 0 Å². The lowest BCUT2D eigenvalue weighted by Gasteiger charge is -2.28. The molecule has 134 valence electrons. The number of rotatable bonds is 6. The van der Waals surface area contributed by atoms with Crippen molar-refractivity contribution in [3.05, 3.63) is 0 Å². The van der Waals surface area contributed by atoms with Crippen LogP contribution in [0.3, 0.4) is 0 Å². The molecule has 0 bridgehead atoms. The van der Waals surface area contributed by atoms with E-state index in [4.69, 9.17) is 9.47 Å². The molecule has 1 saturated carbocycles. The van der Waals surface area contributed by atoms with E-state index in [2.05, 4.69) is 10.6 Å². The molecule has 0 spiro atoms. The van der Waals surface area contributed by atoms with Crippen molar-refractivity contribution in [2.75, 3.05) is 13.7 Å². The lowest BCUT2D eigenvalue weighted by atomic mass is 9.98. The highest BCUT2D eigenvalue weighted by Crippen LogP contribution is 2.26. The van der Waals surface area contributed by atoms with Crippen LogP contribution in [0.2, 0.25) is 0 Å². The minimum Gasteiger partial charge on any atom is -0.468 e. The lowest BCUT2D eigenvalue weighted by molar-refractivity contribution is -0.144. The predicted molar refractivity (Wildman–Crippen MR) is 89.1 cm³/mol. The van der Waals surface area contributed by atoms with Gasteiger partial charge in [0.05, 0.1) is 7.11 Å². The first-order valence-corrected chi connectivity index (χ1v) is 8.44. The Morgan fingerprint density at radius 2 is 1.87 bits per heavy atom. The first kappa shape index (κ1) is 19.7. The van der Waals surface area contributed by atoms with Gasteiger partial charge in [-0.1, -0.05) is 20.3 Å². The number of amides is 1. The molecule has 0 aromatic heterocycles. The Morgan fingerprint density at radius 3 is 2.39 bits per heavy atom. The summed E-state index contributed by atoms with van der Waals surface area (Å²) in [5, 5.41) is 6.26. The molecule has 0 aliphatic heterocycles. The van der Waals surface area contributed by atoms with Crippen molar-refractivity contribution >= 4 is 12.1 Å². The van der Waals surface area contributed by atoms with Crippen LogP contribution in [-0.2, 0) is 14.3 Å². The summed E-state index contributed by atoms with van der Waals surface area (Å²) < 4.78 is 10.1. The van der Waals surface area contributed by atoms with Gasteiger partial charge in [-0.3, -0.25) is 4.79 Å². The van der Waals surface area contributed by atoms with Gasteiger partial charge in [0.25, 0.3) is 0 Å². The van der Waals surface area contributed by atoms with Crippen LogP contribution in [0.5, 0.6) is 0 Å². The fraction of sp³-hybridized carbons (Fsp3) is 0.882. The SMILES string of the molecule is COC(=O)C(NC1CCCC1CNC(=O)OC(C)(C)C)C(C)C. The van der Waals surface area contributed by atoms with Gasteiger partial charge in [-0.2, -0.15) is 0 Å². The molecule has 6 nitrogen and oxygen atoms in total. The van der Waals surface area contributed by atoms with Crippen LogP contribution in [0.15, 0.2) is 0 Å². The number of carbonyl (C=O) groups is 2. The molecule has 1 fully saturated rings. The Labute approximate surface area is 139 Å². The highest BCUT2D eigenvalue weighted by molar-refractivity contribution is 5.76. The monoisotopic (exact) mass is 328 g/mol. The van der Waals surface area contributed by atoms with E-state index in [9.17, 15) is 9.59 Å². The summed E-state index contributed by atoms with van der Waals surface area (Å²) in [7, 11) is 1.41. The molecule has 1 amide bonds. The van der Waals surface area contributed by atoms with Crippen molar-refractivity contribution in [2.45, 2.75) is 71.6 Å². The molecular weight excluding hydrogens is 296 g/mol. The normalized spacial score (nSPS) is 22.7. The highest BCUT2D eigenvalue weighted by atomic mass is 16.6. The smallest absolute Gasteiger partial charge is 0.407 e. The Kier molecular flexibility index (Phi) is 7.32. The van der Waals surface area contributed by atoms with Gasteiger partial charge >= 0.3 is 12.1 Å². The van der Waals surface area contributed by atoms with Gasteiger partial charge in [-0.15, -0.1) is 0 Å². The zero-order valence-electron chi connectivity index (χ0n) is 15.3. The molecule has 3 unspecified atom stereocenters. The minimum atomic E-state index is -0.495. The summed E-state index contributed by atoms with van der Waals surface area (Å²) in [6.45, 7) is 10.1. The van der Waals surface area contributed by atoms with Gasteiger partial charge < -0.3 is 20.1 Å². The Morgan fingerprint density at radius 1 is 1.22 bits per heavy atom. The second-order valence-corrected chi connectivity index (χ2v) is 7.59. The van der Waals surface area contributed by atoms with Crippen molar-refractivity contribution in [3.8, 4) is 0 Å². The van der Waals surface area contributed by atoms with Crippen molar-refractivity contribution in [3.63, 3.8) is 0 Å². The maximum Gasteiger partial charge on any atom is 0.407 e. The van der Waals surface area contributed by atoms with Gasteiger partial charge in [-0.05, 0) is 45.4 Å². The first-order valence-electron chi connectivity index (χ1n) is 8.44. The molecule has 6 heteroatoms. The predicted octanol–water partition coefficient (Wildman–Crippen LogP) is 2.47. The third kappa shape index (κ3) is 6.77. The van der Waals surface area contributed by atoms with Gasteiger partial charge in [0, 0.05) is 12.6 Å². The molecule has 0 heterocycles. The molecule has 23 heavy (non-hydrogen) atoms. The zero-order chi connectivity index (χ0) is 17.6. The zero-order valence-corrected chi connectivity index (χ0v) is 15.3. The number of nitrogens with one attached hydrogen (secondary N) is 2. The van der Waals surface area contributed by atoms with E-state index in [1.54, 1.807) is 0 Å². The summed E-state index contributed by atoms with van der Waals surface area (Å²) in [5.74, 6) is 0.224. The summed E-state index contributed by atoms with van der Waals surface area (Å²) in [4.78, 5) is 23.7. The van der Waals surface area contributed by atoms with Crippen LogP contribution in [-0.4, -0.2) is 43.4 Å². The lowest BCUT2D eigenvalue weighted by Crippen LogP contribution is -2.50. The first-order chi connectivity index (χ1) is 10.6. The van der Waals surface area contributed by atoms with Crippen molar-refractivity contribution in [1.82, 2.24) is 10.6 Å². The maximum atomic E-state index is 11.9. The highest BCUT2D eigenvalue weighted by Gasteiger charge is 2.33. The van der Waals surface area contributed by atoms with Crippen LogP contribution < -0.4 is 10.6 Å². The fourth-order valence-electron chi connectivity index (χ4n) is 2.92. The summed E-state index contributed by atoms with van der Waals surface area (Å²) >= 11 is 0. The van der Waals surface area contributed by atoms with E-state index in [-0.39, 0.29) is 24.0 Å². The van der Waals surface area contributed by atoms with E-state index in [1.165, 1.54) is 7.11 Å². The van der Waals surface area contributed by atoms with Crippen LogP contribution in [0, 0.1) is 11.8 Å². The van der Waals surface area contributed by atoms with E-state index in [1.807, 2.05) is 34.6 Å². The van der Waals surface area contributed by atoms with Crippen molar-refractivity contribution in [1.29, 1.82) is 0 Å². The Bertz CT molecular complexity index is 404. The third-order valence-corrected chi connectivity index (χ3v) is 4.08. The topological polar surface area (TPSA) is 76.7 Å². The van der Waals surface area contributed by atoms with Crippen molar-refractivity contribution in [2.24, 2.45) is 11.8 Å². The summed E-state index contributed by atoms with van der Waals surface area (Å²) in [5.41, 5.74) is -0.495. The third-order valence-electron chi connectivity index (χ3n) is 4.08. The molecule has 0 radical (unpaired) electrons. The largest absolute Gasteiger partial charge is 0.468 e. The van der Waals surface area contributed by atoms with E-state index in [0.717, 1.165) is 19.3 Å². The van der Waals surface area contributed by atoms with Crippen molar-refractivity contribution < 1.29 is 19.1 Å². The number of carbonyl (C=O) groups excluding carboxylic acids is 2. The van der Waals surface area contributed by atoms with E-state index < -0.39 is 11.7 Å². The molecule has 1 aliphatic carbocycles. The summed E-state index contributed by atoms with van der Waals surface area (Å²) in [6.07, 6.45) is 2.72. The second kappa shape index (κ2) is 8.52. The van der Waals surface area contributed by atoms with Gasteiger partial charge in [-0.25, -0.2) is 4.79 Å². The Hall–Kier alpha value is -1.30. The van der Waals surface area contributed by atoms with Crippen LogP contribution in [0.4, 0.5) is 4.79 Å². The second-order valence-electron chi connectivity index (χ2n) is 7.59. The molecule has 3 atom stereocenters. The molecule has 2 N–H and O–H groups in total. The molecule has 0 aromatic rings. The number of ether oxygens (including phenoxy) is 2. The van der Waals surface area contributed by atoms with E-state index >= 15 is 0 Å². The fourth-order valence-corrected chi connectivity index (χ4v) is 2.92. The van der Waals surface area contributed by atoms with Gasteiger partial charge in [0.1, 0.15) is 11.6 Å². The quantitative estimate of drug-likeness (QED) is 0.733. The van der Waals surface area contributed by atoms with Gasteiger partial charge in [0.15, 0.2) is 0 Å². The maximum absolute atomic E-state index is 11.9. The molecule has 1 aliphatic rings. The van der Waals surface area contributed by atoms with Crippen LogP contribution in [0.25, 0.3) is 0 Å². The van der Waals surface area contributed by atoms with Crippen LogP contribution in [0.1, 0.15) is 53.9 Å². The number of methoxy groups -OCH3 is 1. The molecular formula is C17H32N2O4. The Balaban J connectivity index is 2.53. The number of hydrogen-bond donors (Lipinski definition) is 2.